The van der Waals surface area contributed by atoms with E-state index in [4.69, 9.17) is 23.2 Å². The van der Waals surface area contributed by atoms with Crippen molar-refractivity contribution in [1.82, 2.24) is 14.8 Å². The van der Waals surface area contributed by atoms with Crippen LogP contribution in [0, 0.1) is 0 Å². The van der Waals surface area contributed by atoms with Crippen molar-refractivity contribution in [2.45, 2.75) is 38.8 Å². The molecule has 0 aliphatic carbocycles. The van der Waals surface area contributed by atoms with Crippen LogP contribution < -0.4 is 10.6 Å². The smallest absolute Gasteiger partial charge is 0.234 e. The molecule has 0 spiro atoms. The van der Waals surface area contributed by atoms with Crippen molar-refractivity contribution >= 4 is 58.2 Å². The number of benzene rings is 3. The number of aromatic nitrogens is 3. The maximum absolute atomic E-state index is 12.8. The first kappa shape index (κ1) is 27.7. The van der Waals surface area contributed by atoms with Gasteiger partial charge in [0, 0.05) is 28.9 Å². The van der Waals surface area contributed by atoms with E-state index in [1.807, 2.05) is 10.6 Å². The summed E-state index contributed by atoms with van der Waals surface area (Å²) >= 11 is 14.0. The fourth-order valence-electron chi connectivity index (χ4n) is 4.08. The Hall–Kier alpha value is -3.33. The number of anilines is 2. The van der Waals surface area contributed by atoms with Crippen molar-refractivity contribution in [3.05, 3.63) is 81.8 Å². The summed E-state index contributed by atoms with van der Waals surface area (Å²) in [5, 5.41) is 16.1. The van der Waals surface area contributed by atoms with Crippen LogP contribution in [0.5, 0.6) is 0 Å². The Labute approximate surface area is 236 Å². The second-order valence-electron chi connectivity index (χ2n) is 8.49. The van der Waals surface area contributed by atoms with Crippen LogP contribution in [0.1, 0.15) is 31.9 Å². The molecule has 2 N–H and O–H groups in total. The van der Waals surface area contributed by atoms with E-state index >= 15 is 0 Å². The molecule has 0 saturated carbocycles. The molecule has 196 valence electrons. The predicted octanol–water partition coefficient (Wildman–Crippen LogP) is 7.06. The molecule has 4 aromatic rings. The molecule has 0 aliphatic rings. The molecule has 1 heterocycles. The van der Waals surface area contributed by atoms with Crippen LogP contribution in [-0.4, -0.2) is 32.3 Å². The van der Waals surface area contributed by atoms with Crippen molar-refractivity contribution in [2.24, 2.45) is 0 Å². The van der Waals surface area contributed by atoms with Crippen LogP contribution in [0.25, 0.3) is 17.1 Å². The molecule has 0 fully saturated rings. The minimum absolute atomic E-state index is 0.121. The zero-order chi connectivity index (χ0) is 27.2. The summed E-state index contributed by atoms with van der Waals surface area (Å²) in [5.41, 5.74) is 5.27. The lowest BCUT2D eigenvalue weighted by atomic mass is 10.0. The number of amides is 2. The monoisotopic (exact) mass is 567 g/mol. The SMILES string of the molecule is CCc1cccc(CC)c1-n1c(SCC(=O)Nc2ccc(NC(C)=O)cc2)nnc1-c1ccc(Cl)cc1Cl. The van der Waals surface area contributed by atoms with Crippen LogP contribution in [0.15, 0.2) is 65.8 Å². The van der Waals surface area contributed by atoms with E-state index in [1.165, 1.54) is 18.7 Å². The third-order valence-corrected chi connectivity index (χ3v) is 7.29. The van der Waals surface area contributed by atoms with Crippen LogP contribution in [0.4, 0.5) is 11.4 Å². The first-order valence-electron chi connectivity index (χ1n) is 12.1. The predicted molar refractivity (Wildman–Crippen MR) is 156 cm³/mol. The van der Waals surface area contributed by atoms with Crippen molar-refractivity contribution in [2.75, 3.05) is 16.4 Å². The number of halogens is 2. The molecule has 0 unspecified atom stereocenters. The van der Waals surface area contributed by atoms with Crippen molar-refractivity contribution in [3.8, 4) is 17.1 Å². The second-order valence-corrected chi connectivity index (χ2v) is 10.3. The lowest BCUT2D eigenvalue weighted by Crippen LogP contribution is -2.15. The maximum atomic E-state index is 12.8. The summed E-state index contributed by atoms with van der Waals surface area (Å²) in [6.45, 7) is 5.66. The first-order chi connectivity index (χ1) is 18.3. The van der Waals surface area contributed by atoms with E-state index in [-0.39, 0.29) is 17.6 Å². The average molecular weight is 569 g/mol. The summed E-state index contributed by atoms with van der Waals surface area (Å²) in [4.78, 5) is 24.0. The molecule has 0 bridgehead atoms. The number of carbonyl (C=O) groups is 2. The minimum Gasteiger partial charge on any atom is -0.326 e. The molecule has 4 rings (SSSR count). The number of rotatable bonds is 9. The van der Waals surface area contributed by atoms with Gasteiger partial charge in [-0.15, -0.1) is 10.2 Å². The number of hydrogen-bond donors (Lipinski definition) is 2. The highest BCUT2D eigenvalue weighted by molar-refractivity contribution is 7.99. The van der Waals surface area contributed by atoms with Gasteiger partial charge in [-0.05, 0) is 66.4 Å². The standard InChI is InChI=1S/C28H27Cl2N5O2S/c1-4-18-7-6-8-19(5-2)26(18)35-27(23-14-9-20(29)15-24(23)30)33-34-28(35)38-16-25(37)32-22-12-10-21(11-13-22)31-17(3)36/h6-15H,4-5,16H2,1-3H3,(H,31,36)(H,32,37). The quantitative estimate of drug-likeness (QED) is 0.211. The minimum atomic E-state index is -0.192. The largest absolute Gasteiger partial charge is 0.326 e. The Bertz CT molecular complexity index is 1450. The van der Waals surface area contributed by atoms with Gasteiger partial charge >= 0.3 is 0 Å². The number of thioether (sulfide) groups is 1. The molecule has 7 nitrogen and oxygen atoms in total. The third-order valence-electron chi connectivity index (χ3n) is 5.82. The molecule has 0 saturated heterocycles. The highest BCUT2D eigenvalue weighted by atomic mass is 35.5. The van der Waals surface area contributed by atoms with Gasteiger partial charge in [0.25, 0.3) is 0 Å². The fraction of sp³-hybridized carbons (Fsp3) is 0.214. The Kier molecular flexibility index (Phi) is 9.09. The molecule has 0 aliphatic heterocycles. The summed E-state index contributed by atoms with van der Waals surface area (Å²) in [5.74, 6) is 0.355. The number of para-hydroxylation sites is 1. The summed E-state index contributed by atoms with van der Waals surface area (Å²) in [6.07, 6.45) is 1.63. The fourth-order valence-corrected chi connectivity index (χ4v) is 5.31. The van der Waals surface area contributed by atoms with E-state index in [0.29, 0.717) is 38.0 Å². The number of aryl methyl sites for hydroxylation is 2. The Morgan fingerprint density at radius 1 is 0.895 bits per heavy atom. The number of nitrogens with zero attached hydrogens (tertiary/aromatic N) is 3. The van der Waals surface area contributed by atoms with Crippen molar-refractivity contribution in [1.29, 1.82) is 0 Å². The first-order valence-corrected chi connectivity index (χ1v) is 13.9. The van der Waals surface area contributed by atoms with Crippen molar-refractivity contribution in [3.63, 3.8) is 0 Å². The van der Waals surface area contributed by atoms with Gasteiger partial charge in [-0.1, -0.05) is 67.0 Å². The van der Waals surface area contributed by atoms with Crippen LogP contribution in [-0.2, 0) is 22.4 Å². The van der Waals surface area contributed by atoms with E-state index in [1.54, 1.807) is 36.4 Å². The van der Waals surface area contributed by atoms with Crippen LogP contribution >= 0.6 is 35.0 Å². The van der Waals surface area contributed by atoms with Gasteiger partial charge in [0.05, 0.1) is 16.5 Å². The average Bonchev–Trinajstić information content (AvgIpc) is 3.30. The Morgan fingerprint density at radius 3 is 2.11 bits per heavy atom. The molecule has 10 heteroatoms. The van der Waals surface area contributed by atoms with Gasteiger partial charge in [-0.3, -0.25) is 14.2 Å². The molecular formula is C28H27Cl2N5O2S. The van der Waals surface area contributed by atoms with Gasteiger partial charge in [-0.2, -0.15) is 0 Å². The summed E-state index contributed by atoms with van der Waals surface area (Å²) in [7, 11) is 0. The van der Waals surface area contributed by atoms with Gasteiger partial charge in [0.2, 0.25) is 11.8 Å². The molecule has 38 heavy (non-hydrogen) atoms. The van der Waals surface area contributed by atoms with E-state index in [0.717, 1.165) is 29.7 Å². The normalized spacial score (nSPS) is 10.9. The number of nitrogens with one attached hydrogen (secondary N) is 2. The third kappa shape index (κ3) is 6.38. The van der Waals surface area contributed by atoms with Crippen LogP contribution in [0.3, 0.4) is 0 Å². The van der Waals surface area contributed by atoms with E-state index in [2.05, 4.69) is 52.9 Å². The van der Waals surface area contributed by atoms with Gasteiger partial charge < -0.3 is 10.6 Å². The highest BCUT2D eigenvalue weighted by Crippen LogP contribution is 2.36. The lowest BCUT2D eigenvalue weighted by molar-refractivity contribution is -0.114. The summed E-state index contributed by atoms with van der Waals surface area (Å²) in [6, 6.07) is 18.5. The highest BCUT2D eigenvalue weighted by Gasteiger charge is 2.22. The topological polar surface area (TPSA) is 88.9 Å². The molecule has 1 aromatic heterocycles. The van der Waals surface area contributed by atoms with Crippen LogP contribution in [0.2, 0.25) is 10.0 Å². The molecule has 3 aromatic carbocycles. The maximum Gasteiger partial charge on any atom is 0.234 e. The molecule has 0 atom stereocenters. The number of carbonyl (C=O) groups excluding carboxylic acids is 2. The van der Waals surface area contributed by atoms with Gasteiger partial charge in [0.15, 0.2) is 11.0 Å². The Morgan fingerprint density at radius 2 is 1.53 bits per heavy atom. The summed E-state index contributed by atoms with van der Waals surface area (Å²) < 4.78 is 1.99. The van der Waals surface area contributed by atoms with E-state index < -0.39 is 0 Å². The van der Waals surface area contributed by atoms with Gasteiger partial charge in [-0.25, -0.2) is 0 Å². The van der Waals surface area contributed by atoms with Crippen molar-refractivity contribution < 1.29 is 9.59 Å². The zero-order valence-corrected chi connectivity index (χ0v) is 23.5. The van der Waals surface area contributed by atoms with E-state index in [9.17, 15) is 9.59 Å². The second kappa shape index (κ2) is 12.5. The molecular weight excluding hydrogens is 541 g/mol. The Balaban J connectivity index is 1.65. The lowest BCUT2D eigenvalue weighted by Gasteiger charge is -2.18. The molecule has 0 radical (unpaired) electrons. The zero-order valence-electron chi connectivity index (χ0n) is 21.2. The molecule has 2 amide bonds. The van der Waals surface area contributed by atoms with Gasteiger partial charge in [0.1, 0.15) is 0 Å². The number of hydrogen-bond acceptors (Lipinski definition) is 5.